The highest BCUT2D eigenvalue weighted by Gasteiger charge is 2.27. The van der Waals surface area contributed by atoms with Gasteiger partial charge < -0.3 is 9.47 Å². The van der Waals surface area contributed by atoms with Crippen LogP contribution >= 0.6 is 11.3 Å². The number of amides is 1. The van der Waals surface area contributed by atoms with Crippen molar-refractivity contribution in [3.8, 4) is 0 Å². The van der Waals surface area contributed by atoms with Crippen LogP contribution in [0.3, 0.4) is 0 Å². The van der Waals surface area contributed by atoms with Crippen molar-refractivity contribution in [3.05, 3.63) is 46.4 Å². The van der Waals surface area contributed by atoms with Crippen LogP contribution in [0.5, 0.6) is 0 Å². The summed E-state index contributed by atoms with van der Waals surface area (Å²) in [4.78, 5) is 15.7. The molecule has 118 valence electrons. The number of aryl methyl sites for hydroxylation is 2. The molecular weight excluding hydrogens is 308 g/mol. The fourth-order valence-electron chi connectivity index (χ4n) is 3.17. The van der Waals surface area contributed by atoms with E-state index in [4.69, 9.17) is 0 Å². The van der Waals surface area contributed by atoms with E-state index in [-0.39, 0.29) is 5.91 Å². The van der Waals surface area contributed by atoms with Crippen molar-refractivity contribution in [1.29, 1.82) is 0 Å². The lowest BCUT2D eigenvalue weighted by Crippen LogP contribution is -2.38. The van der Waals surface area contributed by atoms with Gasteiger partial charge in [-0.15, -0.1) is 21.5 Å². The van der Waals surface area contributed by atoms with E-state index in [0.717, 1.165) is 35.1 Å². The predicted molar refractivity (Wildman–Crippen MR) is 90.7 cm³/mol. The Balaban J connectivity index is 1.65. The third-order valence-electron chi connectivity index (χ3n) is 4.47. The summed E-state index contributed by atoms with van der Waals surface area (Å²) in [5.74, 6) is 2.00. The average Bonchev–Trinajstić information content (AvgIpc) is 3.15. The zero-order valence-electron chi connectivity index (χ0n) is 13.2. The van der Waals surface area contributed by atoms with E-state index in [1.165, 1.54) is 10.1 Å². The van der Waals surface area contributed by atoms with Gasteiger partial charge in [0.2, 0.25) is 0 Å². The Morgan fingerprint density at radius 1 is 1.26 bits per heavy atom. The standard InChI is InChI=1S/C17H18N4OS/c1-3-14-18-19-15-10-20(8-9-21(14)15)17(22)16-11(2)12-6-4-5-7-13(12)23-16/h4-7H,3,8-10H2,1-2H3. The molecule has 0 atom stereocenters. The molecule has 0 unspecified atom stereocenters. The molecule has 0 bridgehead atoms. The molecule has 2 aromatic heterocycles. The molecule has 1 aliphatic heterocycles. The number of hydrogen-bond acceptors (Lipinski definition) is 4. The van der Waals surface area contributed by atoms with Gasteiger partial charge >= 0.3 is 0 Å². The van der Waals surface area contributed by atoms with Gasteiger partial charge in [-0.05, 0) is 23.9 Å². The topological polar surface area (TPSA) is 51.0 Å². The number of carbonyl (C=O) groups is 1. The lowest BCUT2D eigenvalue weighted by Gasteiger charge is -2.27. The largest absolute Gasteiger partial charge is 0.329 e. The Morgan fingerprint density at radius 2 is 2.09 bits per heavy atom. The van der Waals surface area contributed by atoms with Crippen LogP contribution in [0.1, 0.15) is 33.8 Å². The van der Waals surface area contributed by atoms with Gasteiger partial charge in [0.25, 0.3) is 5.91 Å². The van der Waals surface area contributed by atoms with Gasteiger partial charge in [-0.2, -0.15) is 0 Å². The maximum atomic E-state index is 13.0. The predicted octanol–water partition coefficient (Wildman–Crippen LogP) is 3.02. The fraction of sp³-hybridized carbons (Fsp3) is 0.353. The summed E-state index contributed by atoms with van der Waals surface area (Å²) in [7, 11) is 0. The lowest BCUT2D eigenvalue weighted by atomic mass is 10.1. The minimum Gasteiger partial charge on any atom is -0.329 e. The van der Waals surface area contributed by atoms with E-state index in [1.54, 1.807) is 11.3 Å². The number of rotatable bonds is 2. The Kier molecular flexibility index (Phi) is 3.41. The number of aromatic nitrogens is 3. The molecule has 0 saturated heterocycles. The highest BCUT2D eigenvalue weighted by molar-refractivity contribution is 7.21. The lowest BCUT2D eigenvalue weighted by molar-refractivity contribution is 0.0711. The number of nitrogens with zero attached hydrogens (tertiary/aromatic N) is 4. The van der Waals surface area contributed by atoms with Crippen LogP contribution in [0.15, 0.2) is 24.3 Å². The van der Waals surface area contributed by atoms with Crippen LogP contribution in [0, 0.1) is 6.92 Å². The van der Waals surface area contributed by atoms with E-state index < -0.39 is 0 Å². The van der Waals surface area contributed by atoms with E-state index in [0.29, 0.717) is 13.1 Å². The van der Waals surface area contributed by atoms with Crippen LogP contribution in [0.4, 0.5) is 0 Å². The molecule has 1 aliphatic rings. The Morgan fingerprint density at radius 3 is 2.87 bits per heavy atom. The summed E-state index contributed by atoms with van der Waals surface area (Å²) >= 11 is 1.58. The smallest absolute Gasteiger partial charge is 0.264 e. The van der Waals surface area contributed by atoms with Crippen molar-refractivity contribution in [2.24, 2.45) is 0 Å². The Bertz CT molecular complexity index is 895. The normalized spacial score (nSPS) is 14.3. The van der Waals surface area contributed by atoms with Crippen molar-refractivity contribution >= 4 is 27.3 Å². The molecule has 1 amide bonds. The molecule has 1 aromatic carbocycles. The second kappa shape index (κ2) is 5.45. The second-order valence-corrected chi connectivity index (χ2v) is 6.87. The Labute approximate surface area is 138 Å². The summed E-state index contributed by atoms with van der Waals surface area (Å²) in [5, 5.41) is 9.63. The average molecular weight is 326 g/mol. The number of hydrogen-bond donors (Lipinski definition) is 0. The van der Waals surface area contributed by atoms with E-state index in [2.05, 4.69) is 33.8 Å². The number of benzene rings is 1. The van der Waals surface area contributed by atoms with Crippen molar-refractivity contribution in [1.82, 2.24) is 19.7 Å². The molecule has 6 heteroatoms. The van der Waals surface area contributed by atoms with Gasteiger partial charge in [0.05, 0.1) is 11.4 Å². The zero-order valence-corrected chi connectivity index (χ0v) is 14.1. The van der Waals surface area contributed by atoms with Crippen LogP contribution in [0.2, 0.25) is 0 Å². The van der Waals surface area contributed by atoms with Gasteiger partial charge in [0.1, 0.15) is 5.82 Å². The van der Waals surface area contributed by atoms with Crippen LogP contribution in [-0.4, -0.2) is 32.1 Å². The summed E-state index contributed by atoms with van der Waals surface area (Å²) in [6.07, 6.45) is 0.871. The van der Waals surface area contributed by atoms with Gasteiger partial charge in [-0.25, -0.2) is 0 Å². The van der Waals surface area contributed by atoms with Crippen molar-refractivity contribution in [3.63, 3.8) is 0 Å². The molecule has 0 N–H and O–H groups in total. The SMILES string of the molecule is CCc1nnc2n1CCN(C(=O)c1sc3ccccc3c1C)C2. The molecule has 0 saturated carbocycles. The van der Waals surface area contributed by atoms with Crippen LogP contribution < -0.4 is 0 Å². The van der Waals surface area contributed by atoms with Crippen molar-refractivity contribution in [2.75, 3.05) is 6.54 Å². The van der Waals surface area contributed by atoms with Crippen LogP contribution in [-0.2, 0) is 19.5 Å². The highest BCUT2D eigenvalue weighted by Crippen LogP contribution is 2.32. The molecular formula is C17H18N4OS. The molecule has 0 radical (unpaired) electrons. The van der Waals surface area contributed by atoms with E-state index in [9.17, 15) is 4.79 Å². The summed E-state index contributed by atoms with van der Waals surface area (Å²) < 4.78 is 3.31. The first-order valence-electron chi connectivity index (χ1n) is 7.87. The van der Waals surface area contributed by atoms with Crippen molar-refractivity contribution < 1.29 is 4.79 Å². The van der Waals surface area contributed by atoms with Crippen molar-refractivity contribution in [2.45, 2.75) is 33.4 Å². The molecule has 0 spiro atoms. The summed E-state index contributed by atoms with van der Waals surface area (Å²) in [5.41, 5.74) is 1.08. The first-order valence-corrected chi connectivity index (χ1v) is 8.69. The molecule has 5 nitrogen and oxygen atoms in total. The molecule has 3 heterocycles. The maximum Gasteiger partial charge on any atom is 0.264 e. The highest BCUT2D eigenvalue weighted by atomic mass is 32.1. The third-order valence-corrected chi connectivity index (χ3v) is 5.73. The second-order valence-electron chi connectivity index (χ2n) is 5.82. The third kappa shape index (κ3) is 2.25. The van der Waals surface area contributed by atoms with Gasteiger partial charge in [0, 0.05) is 24.2 Å². The minimum atomic E-state index is 0.107. The zero-order chi connectivity index (χ0) is 16.0. The molecule has 0 fully saturated rings. The molecule has 4 rings (SSSR count). The Hall–Kier alpha value is -2.21. The first-order chi connectivity index (χ1) is 11.2. The quantitative estimate of drug-likeness (QED) is 0.727. The fourth-order valence-corrected chi connectivity index (χ4v) is 4.35. The van der Waals surface area contributed by atoms with E-state index >= 15 is 0 Å². The van der Waals surface area contributed by atoms with Gasteiger partial charge in [0.15, 0.2) is 5.82 Å². The maximum absolute atomic E-state index is 13.0. The summed E-state index contributed by atoms with van der Waals surface area (Å²) in [6, 6.07) is 8.19. The molecule has 3 aromatic rings. The monoisotopic (exact) mass is 326 g/mol. The number of thiophene rings is 1. The first kappa shape index (κ1) is 14.4. The van der Waals surface area contributed by atoms with E-state index in [1.807, 2.05) is 24.0 Å². The number of fused-ring (bicyclic) bond motifs is 2. The van der Waals surface area contributed by atoms with Gasteiger partial charge in [-0.3, -0.25) is 4.79 Å². The molecule has 23 heavy (non-hydrogen) atoms. The minimum absolute atomic E-state index is 0.107. The van der Waals surface area contributed by atoms with Gasteiger partial charge in [-0.1, -0.05) is 25.1 Å². The van der Waals surface area contributed by atoms with Crippen LogP contribution in [0.25, 0.3) is 10.1 Å². The molecule has 0 aliphatic carbocycles. The number of carbonyl (C=O) groups excluding carboxylic acids is 1. The summed E-state index contributed by atoms with van der Waals surface area (Å²) in [6.45, 7) is 6.15.